The van der Waals surface area contributed by atoms with E-state index in [0.717, 1.165) is 18.9 Å². The second-order valence-electron chi connectivity index (χ2n) is 9.27. The van der Waals surface area contributed by atoms with Gasteiger partial charge in [0.2, 0.25) is 0 Å². The summed E-state index contributed by atoms with van der Waals surface area (Å²) in [5.41, 5.74) is 0.562. The molecule has 1 aliphatic heterocycles. The number of fused-ring (bicyclic) bond motifs is 3. The number of aromatic nitrogens is 4. The SMILES string of the molecule is Cc1ccc(OCC(F)(F)F)c2nc(CC3[C@@H]4CC[C@H]3CN(c3ccnc(C(F)(F)F)c3)C4)nn12. The molecule has 5 rings (SSSR count). The van der Waals surface area contributed by atoms with Gasteiger partial charge in [0, 0.05) is 37.1 Å². The topological polar surface area (TPSA) is 55.5 Å². The van der Waals surface area contributed by atoms with E-state index in [1.54, 1.807) is 19.1 Å². The smallest absolute Gasteiger partial charge is 0.433 e. The van der Waals surface area contributed by atoms with Gasteiger partial charge in [-0.05, 0) is 61.8 Å². The molecule has 1 aliphatic carbocycles. The Morgan fingerprint density at radius 3 is 2.40 bits per heavy atom. The lowest BCUT2D eigenvalue weighted by molar-refractivity contribution is -0.153. The van der Waals surface area contributed by atoms with Crippen molar-refractivity contribution in [2.75, 3.05) is 24.6 Å². The van der Waals surface area contributed by atoms with E-state index in [0.29, 0.717) is 36.7 Å². The number of piperidine rings is 1. The van der Waals surface area contributed by atoms with Crippen LogP contribution < -0.4 is 9.64 Å². The molecule has 3 aromatic rings. The lowest BCUT2D eigenvalue weighted by Gasteiger charge is -2.39. The van der Waals surface area contributed by atoms with Crippen molar-refractivity contribution >= 4 is 11.3 Å². The molecule has 188 valence electrons. The Balaban J connectivity index is 1.33. The number of halogens is 6. The maximum atomic E-state index is 13.1. The Bertz CT molecular complexity index is 1210. The van der Waals surface area contributed by atoms with Crippen LogP contribution in [0.15, 0.2) is 30.5 Å². The van der Waals surface area contributed by atoms with Crippen molar-refractivity contribution in [1.82, 2.24) is 19.6 Å². The number of pyridine rings is 2. The number of ether oxygens (including phenoxy) is 1. The molecular weight excluding hydrogens is 476 g/mol. The van der Waals surface area contributed by atoms with Crippen molar-refractivity contribution in [3.8, 4) is 5.75 Å². The van der Waals surface area contributed by atoms with Crippen LogP contribution in [-0.4, -0.2) is 45.5 Å². The summed E-state index contributed by atoms with van der Waals surface area (Å²) in [6.45, 7) is 1.61. The Morgan fingerprint density at radius 2 is 1.74 bits per heavy atom. The average molecular weight is 499 g/mol. The van der Waals surface area contributed by atoms with Gasteiger partial charge >= 0.3 is 12.4 Å². The van der Waals surface area contributed by atoms with Crippen molar-refractivity contribution in [3.63, 3.8) is 0 Å². The number of rotatable bonds is 5. The van der Waals surface area contributed by atoms with E-state index in [9.17, 15) is 26.3 Å². The maximum absolute atomic E-state index is 13.1. The van der Waals surface area contributed by atoms with E-state index in [1.807, 2.05) is 4.90 Å². The quantitative estimate of drug-likeness (QED) is 0.458. The lowest BCUT2D eigenvalue weighted by Crippen LogP contribution is -2.43. The van der Waals surface area contributed by atoms with Crippen LogP contribution >= 0.6 is 0 Å². The molecule has 0 amide bonds. The predicted octanol–water partition coefficient (Wildman–Crippen LogP) is 5.10. The Morgan fingerprint density at radius 1 is 1.03 bits per heavy atom. The molecular formula is C23H23F6N5O. The van der Waals surface area contributed by atoms with Crippen LogP contribution in [-0.2, 0) is 12.6 Å². The average Bonchev–Trinajstić information content (AvgIpc) is 3.30. The fourth-order valence-corrected chi connectivity index (χ4v) is 5.32. The second-order valence-corrected chi connectivity index (χ2v) is 9.27. The molecule has 2 fully saturated rings. The first-order valence-corrected chi connectivity index (χ1v) is 11.3. The number of hydrogen-bond donors (Lipinski definition) is 0. The van der Waals surface area contributed by atoms with E-state index in [1.165, 1.54) is 16.8 Å². The van der Waals surface area contributed by atoms with E-state index in [-0.39, 0.29) is 29.2 Å². The van der Waals surface area contributed by atoms with Crippen LogP contribution in [0.5, 0.6) is 5.75 Å². The van der Waals surface area contributed by atoms with Crippen LogP contribution in [0.4, 0.5) is 32.0 Å². The molecule has 0 N–H and O–H groups in total. The molecule has 3 aromatic heterocycles. The molecule has 6 nitrogen and oxygen atoms in total. The largest absolute Gasteiger partial charge is 0.480 e. The van der Waals surface area contributed by atoms with Crippen molar-refractivity contribution in [3.05, 3.63) is 47.7 Å². The highest BCUT2D eigenvalue weighted by atomic mass is 19.4. The lowest BCUT2D eigenvalue weighted by atomic mass is 9.82. The predicted molar refractivity (Wildman–Crippen MR) is 114 cm³/mol. The summed E-state index contributed by atoms with van der Waals surface area (Å²) >= 11 is 0. The van der Waals surface area contributed by atoms with Gasteiger partial charge in [-0.2, -0.15) is 31.4 Å². The molecule has 4 heterocycles. The fraction of sp³-hybridized carbons (Fsp3) is 0.522. The second kappa shape index (κ2) is 8.56. The van der Waals surface area contributed by atoms with Crippen molar-refractivity contribution in [2.45, 2.75) is 38.5 Å². The maximum Gasteiger partial charge on any atom is 0.433 e. The van der Waals surface area contributed by atoms with Gasteiger partial charge < -0.3 is 9.64 Å². The summed E-state index contributed by atoms with van der Waals surface area (Å²) in [4.78, 5) is 9.93. The van der Waals surface area contributed by atoms with Crippen LogP contribution in [0.25, 0.3) is 5.65 Å². The third-order valence-corrected chi connectivity index (χ3v) is 6.92. The Kier molecular flexibility index (Phi) is 5.79. The number of anilines is 1. The molecule has 12 heteroatoms. The molecule has 1 saturated heterocycles. The van der Waals surface area contributed by atoms with Gasteiger partial charge in [-0.15, -0.1) is 0 Å². The highest BCUT2D eigenvalue weighted by Crippen LogP contribution is 2.45. The van der Waals surface area contributed by atoms with Crippen LogP contribution in [0.2, 0.25) is 0 Å². The number of nitrogens with zero attached hydrogens (tertiary/aromatic N) is 5. The molecule has 0 radical (unpaired) electrons. The van der Waals surface area contributed by atoms with Crippen molar-refractivity contribution in [2.24, 2.45) is 17.8 Å². The number of hydrogen-bond acceptors (Lipinski definition) is 5. The zero-order valence-corrected chi connectivity index (χ0v) is 18.8. The van der Waals surface area contributed by atoms with Gasteiger partial charge in [0.15, 0.2) is 23.8 Å². The zero-order valence-electron chi connectivity index (χ0n) is 18.8. The van der Waals surface area contributed by atoms with Gasteiger partial charge in [-0.1, -0.05) is 0 Å². The van der Waals surface area contributed by atoms with Crippen LogP contribution in [0.3, 0.4) is 0 Å². The molecule has 35 heavy (non-hydrogen) atoms. The van der Waals surface area contributed by atoms with Gasteiger partial charge in [0.25, 0.3) is 0 Å². The molecule has 0 spiro atoms. The number of alkyl halides is 6. The van der Waals surface area contributed by atoms with E-state index in [2.05, 4.69) is 15.1 Å². The Labute approximate surface area is 196 Å². The first-order valence-electron chi connectivity index (χ1n) is 11.3. The van der Waals surface area contributed by atoms with Gasteiger partial charge in [0.1, 0.15) is 5.69 Å². The Hall–Kier alpha value is -3.05. The minimum atomic E-state index is -4.50. The third kappa shape index (κ3) is 4.87. The minimum absolute atomic E-state index is 0.0163. The zero-order chi connectivity index (χ0) is 25.0. The summed E-state index contributed by atoms with van der Waals surface area (Å²) < 4.78 is 83.6. The highest BCUT2D eigenvalue weighted by molar-refractivity contribution is 5.54. The summed E-state index contributed by atoms with van der Waals surface area (Å²) in [6, 6.07) is 5.78. The van der Waals surface area contributed by atoms with E-state index < -0.39 is 24.7 Å². The van der Waals surface area contributed by atoms with Crippen molar-refractivity contribution in [1.29, 1.82) is 0 Å². The monoisotopic (exact) mass is 499 g/mol. The molecule has 1 unspecified atom stereocenters. The normalized spacial score (nSPS) is 22.7. The first-order chi connectivity index (χ1) is 16.5. The summed E-state index contributed by atoms with van der Waals surface area (Å²) in [5, 5.41) is 4.52. The highest BCUT2D eigenvalue weighted by Gasteiger charge is 2.43. The third-order valence-electron chi connectivity index (χ3n) is 6.92. The minimum Gasteiger partial charge on any atom is -0.480 e. The molecule has 3 atom stereocenters. The molecule has 1 saturated carbocycles. The van der Waals surface area contributed by atoms with Crippen molar-refractivity contribution < 1.29 is 31.1 Å². The summed E-state index contributed by atoms with van der Waals surface area (Å²) in [6.07, 6.45) is -5.32. The first kappa shape index (κ1) is 23.7. The molecule has 0 aromatic carbocycles. The summed E-state index contributed by atoms with van der Waals surface area (Å²) in [7, 11) is 0. The van der Waals surface area contributed by atoms with E-state index in [4.69, 9.17) is 4.74 Å². The fourth-order valence-electron chi connectivity index (χ4n) is 5.32. The molecule has 2 aliphatic rings. The van der Waals surface area contributed by atoms with Gasteiger partial charge in [0.05, 0.1) is 0 Å². The van der Waals surface area contributed by atoms with Gasteiger partial charge in [-0.3, -0.25) is 4.98 Å². The van der Waals surface area contributed by atoms with Crippen LogP contribution in [0.1, 0.15) is 30.1 Å². The summed E-state index contributed by atoms with van der Waals surface area (Å²) in [5.74, 6) is 1.29. The number of aryl methyl sites for hydroxylation is 1. The van der Waals surface area contributed by atoms with E-state index >= 15 is 0 Å². The molecule has 2 bridgehead atoms. The van der Waals surface area contributed by atoms with Gasteiger partial charge in [-0.25, -0.2) is 9.50 Å². The standard InChI is InChI=1S/C23H23F6N5O/c1-13-2-5-18(35-12-22(24,25)26)21-31-20(32-34(13)21)9-17-14-3-4-15(17)11-33(10-14)16-6-7-30-19(8-16)23(27,28)29/h2,5-8,14-15,17H,3-4,9-12H2,1H3/t14-,15+,17?. The van der Waals surface area contributed by atoms with Crippen LogP contribution in [0, 0.1) is 24.7 Å².